The lowest BCUT2D eigenvalue weighted by Crippen LogP contribution is -2.18. The van der Waals surface area contributed by atoms with Gasteiger partial charge < -0.3 is 5.32 Å². The second-order valence-electron chi connectivity index (χ2n) is 3.81. The number of hydrogen-bond acceptors (Lipinski definition) is 1. The fourth-order valence-electron chi connectivity index (χ4n) is 1.64. The summed E-state index contributed by atoms with van der Waals surface area (Å²) in [5.41, 5.74) is 0.648. The van der Waals surface area contributed by atoms with Gasteiger partial charge in [0.1, 0.15) is 0 Å². The Balaban J connectivity index is 3.25. The first-order chi connectivity index (χ1) is 7.77. The van der Waals surface area contributed by atoms with Crippen molar-refractivity contribution in [1.29, 1.82) is 0 Å². The molecule has 1 aromatic carbocycles. The Kier molecular flexibility index (Phi) is 4.38. The topological polar surface area (TPSA) is 12.0 Å². The van der Waals surface area contributed by atoms with E-state index < -0.39 is 11.7 Å². The second kappa shape index (κ2) is 5.23. The van der Waals surface area contributed by atoms with Crippen LogP contribution in [0.15, 0.2) is 34.8 Å². The molecule has 0 heterocycles. The van der Waals surface area contributed by atoms with Gasteiger partial charge in [-0.2, -0.15) is 13.2 Å². The Hall–Kier alpha value is -0.810. The third-order valence-corrected chi connectivity index (χ3v) is 3.10. The van der Waals surface area contributed by atoms with E-state index in [1.807, 2.05) is 0 Å². The summed E-state index contributed by atoms with van der Waals surface area (Å²) in [5.74, 6) is 0. The average Bonchev–Trinajstić information content (AvgIpc) is 2.19. The van der Waals surface area contributed by atoms with E-state index in [2.05, 4.69) is 27.8 Å². The van der Waals surface area contributed by atoms with Gasteiger partial charge in [0, 0.05) is 4.47 Å². The molecule has 0 radical (unpaired) electrons. The molecule has 94 valence electrons. The van der Waals surface area contributed by atoms with E-state index in [0.717, 1.165) is 11.6 Å². The minimum atomic E-state index is -4.36. The zero-order valence-electron chi connectivity index (χ0n) is 9.53. The lowest BCUT2D eigenvalue weighted by molar-refractivity contribution is -0.138. The van der Waals surface area contributed by atoms with Crippen LogP contribution in [0.2, 0.25) is 0 Å². The van der Waals surface area contributed by atoms with Gasteiger partial charge in [-0.05, 0) is 31.7 Å². The zero-order valence-corrected chi connectivity index (χ0v) is 11.1. The average molecular weight is 308 g/mol. The van der Waals surface area contributed by atoms with E-state index in [0.29, 0.717) is 5.56 Å². The fraction of sp³-hybridized carbons (Fsp3) is 0.333. The molecule has 0 saturated heterocycles. The number of likely N-dealkylation sites (N-methyl/N-ethyl adjacent to an activating group) is 1. The summed E-state index contributed by atoms with van der Waals surface area (Å²) in [6, 6.07) is 3.92. The molecule has 0 fully saturated rings. The Morgan fingerprint density at radius 1 is 1.41 bits per heavy atom. The summed E-state index contributed by atoms with van der Waals surface area (Å²) < 4.78 is 38.2. The molecule has 0 amide bonds. The minimum Gasteiger partial charge on any atom is -0.310 e. The van der Waals surface area contributed by atoms with E-state index >= 15 is 0 Å². The van der Waals surface area contributed by atoms with Crippen LogP contribution in [0.1, 0.15) is 24.1 Å². The van der Waals surface area contributed by atoms with Gasteiger partial charge in [0.15, 0.2) is 0 Å². The van der Waals surface area contributed by atoms with Crippen LogP contribution in [0, 0.1) is 0 Å². The number of halogens is 4. The first-order valence-corrected chi connectivity index (χ1v) is 5.76. The van der Waals surface area contributed by atoms with Crippen molar-refractivity contribution in [3.8, 4) is 0 Å². The molecule has 0 bridgehead atoms. The molecule has 0 aromatic heterocycles. The second-order valence-corrected chi connectivity index (χ2v) is 4.66. The molecule has 1 nitrogen and oxygen atoms in total. The number of alkyl halides is 3. The van der Waals surface area contributed by atoms with Gasteiger partial charge in [-0.1, -0.05) is 34.1 Å². The van der Waals surface area contributed by atoms with E-state index in [1.165, 1.54) is 6.07 Å². The third kappa shape index (κ3) is 3.33. The molecule has 5 heteroatoms. The smallest absolute Gasteiger partial charge is 0.310 e. The summed E-state index contributed by atoms with van der Waals surface area (Å²) in [6.45, 7) is 5.54. The van der Waals surface area contributed by atoms with E-state index in [4.69, 9.17) is 0 Å². The van der Waals surface area contributed by atoms with Gasteiger partial charge in [-0.25, -0.2) is 0 Å². The van der Waals surface area contributed by atoms with Crippen LogP contribution in [-0.2, 0) is 6.18 Å². The van der Waals surface area contributed by atoms with Crippen LogP contribution in [0.4, 0.5) is 13.2 Å². The first kappa shape index (κ1) is 14.3. The molecule has 0 spiro atoms. The van der Waals surface area contributed by atoms with Crippen LogP contribution < -0.4 is 5.32 Å². The highest BCUT2D eigenvalue weighted by Crippen LogP contribution is 2.36. The molecule has 1 aromatic rings. The van der Waals surface area contributed by atoms with Crippen LogP contribution in [0.5, 0.6) is 0 Å². The molecule has 0 saturated carbocycles. The predicted molar refractivity (Wildman–Crippen MR) is 65.8 cm³/mol. The third-order valence-electron chi connectivity index (χ3n) is 2.41. The quantitative estimate of drug-likeness (QED) is 0.821. The lowest BCUT2D eigenvalue weighted by Gasteiger charge is -2.19. The molecule has 0 aliphatic rings. The summed E-state index contributed by atoms with van der Waals surface area (Å²) in [5, 5.41) is 2.93. The largest absolute Gasteiger partial charge is 0.417 e. The monoisotopic (exact) mass is 307 g/mol. The summed E-state index contributed by atoms with van der Waals surface area (Å²) in [6.07, 6.45) is -4.36. The Labute approximate surface area is 107 Å². The summed E-state index contributed by atoms with van der Waals surface area (Å²) in [4.78, 5) is 0. The molecule has 0 aliphatic carbocycles. The highest BCUT2D eigenvalue weighted by molar-refractivity contribution is 9.10. The zero-order chi connectivity index (χ0) is 13.2. The van der Waals surface area contributed by atoms with Gasteiger partial charge in [0.05, 0.1) is 11.6 Å². The highest BCUT2D eigenvalue weighted by atomic mass is 79.9. The maximum atomic E-state index is 12.7. The Bertz CT molecular complexity index is 426. The van der Waals surface area contributed by atoms with Crippen molar-refractivity contribution >= 4 is 15.9 Å². The van der Waals surface area contributed by atoms with Crippen molar-refractivity contribution < 1.29 is 13.2 Å². The number of hydrogen-bond donors (Lipinski definition) is 1. The standard InChI is InChI=1S/C12H13BrF3N/c1-7(2)11(17-3)8-4-5-10(13)9(6-8)12(14,15)16/h4-6,11,17H,1H2,2-3H3. The van der Waals surface area contributed by atoms with E-state index in [1.54, 1.807) is 20.0 Å². The fourth-order valence-corrected chi connectivity index (χ4v) is 2.11. The lowest BCUT2D eigenvalue weighted by atomic mass is 9.99. The van der Waals surface area contributed by atoms with Crippen molar-refractivity contribution in [3.63, 3.8) is 0 Å². The number of rotatable bonds is 3. The van der Waals surface area contributed by atoms with E-state index in [9.17, 15) is 13.2 Å². The molecule has 0 aliphatic heterocycles. The van der Waals surface area contributed by atoms with Crippen LogP contribution >= 0.6 is 15.9 Å². The van der Waals surface area contributed by atoms with Crippen molar-refractivity contribution in [3.05, 3.63) is 46.0 Å². The Morgan fingerprint density at radius 2 is 2.00 bits per heavy atom. The van der Waals surface area contributed by atoms with Crippen LogP contribution in [0.3, 0.4) is 0 Å². The highest BCUT2D eigenvalue weighted by Gasteiger charge is 2.33. The van der Waals surface area contributed by atoms with Gasteiger partial charge in [-0.3, -0.25) is 0 Å². The van der Waals surface area contributed by atoms with Crippen LogP contribution in [0.25, 0.3) is 0 Å². The van der Waals surface area contributed by atoms with Gasteiger partial charge in [-0.15, -0.1) is 0 Å². The molecule has 1 N–H and O–H groups in total. The van der Waals surface area contributed by atoms with Crippen molar-refractivity contribution in [2.75, 3.05) is 7.05 Å². The molecule has 1 rings (SSSR count). The molecule has 1 unspecified atom stereocenters. The van der Waals surface area contributed by atoms with Crippen molar-refractivity contribution in [2.45, 2.75) is 19.1 Å². The van der Waals surface area contributed by atoms with Crippen LogP contribution in [-0.4, -0.2) is 7.05 Å². The van der Waals surface area contributed by atoms with Gasteiger partial charge >= 0.3 is 6.18 Å². The van der Waals surface area contributed by atoms with Gasteiger partial charge in [0.25, 0.3) is 0 Å². The number of nitrogens with one attached hydrogen (secondary N) is 1. The molecular formula is C12H13BrF3N. The maximum Gasteiger partial charge on any atom is 0.417 e. The number of benzene rings is 1. The SMILES string of the molecule is C=C(C)C(NC)c1ccc(Br)c(C(F)(F)F)c1. The summed E-state index contributed by atoms with van der Waals surface area (Å²) in [7, 11) is 1.69. The molecular weight excluding hydrogens is 295 g/mol. The normalized spacial score (nSPS) is 13.5. The predicted octanol–water partition coefficient (Wildman–Crippen LogP) is 4.30. The van der Waals surface area contributed by atoms with E-state index in [-0.39, 0.29) is 10.5 Å². The maximum absolute atomic E-state index is 12.7. The molecule has 1 atom stereocenters. The Morgan fingerprint density at radius 3 is 2.41 bits per heavy atom. The first-order valence-electron chi connectivity index (χ1n) is 4.96. The molecule has 17 heavy (non-hydrogen) atoms. The minimum absolute atomic E-state index is 0.0466. The van der Waals surface area contributed by atoms with Gasteiger partial charge in [0.2, 0.25) is 0 Å². The van der Waals surface area contributed by atoms with Crippen molar-refractivity contribution in [1.82, 2.24) is 5.32 Å². The van der Waals surface area contributed by atoms with Crippen molar-refractivity contribution in [2.24, 2.45) is 0 Å². The summed E-state index contributed by atoms with van der Waals surface area (Å²) >= 11 is 2.91.